The number of aliphatic imine (C=N–C) groups is 1. The van der Waals surface area contributed by atoms with Gasteiger partial charge in [-0.05, 0) is 38.5 Å². The molecule has 0 saturated heterocycles. The highest BCUT2D eigenvalue weighted by molar-refractivity contribution is 5.80. The molecule has 4 rings (SSSR count). The van der Waals surface area contributed by atoms with Gasteiger partial charge in [0, 0.05) is 19.0 Å². The summed E-state index contributed by atoms with van der Waals surface area (Å²) in [5, 5.41) is 15.4. The fourth-order valence-corrected chi connectivity index (χ4v) is 3.74. The number of para-hydroxylation sites is 2. The second-order valence-electron chi connectivity index (χ2n) is 8.33. The van der Waals surface area contributed by atoms with Crippen molar-refractivity contribution in [1.82, 2.24) is 25.4 Å². The summed E-state index contributed by atoms with van der Waals surface area (Å²) in [6.07, 6.45) is 0.813. The van der Waals surface area contributed by atoms with E-state index in [4.69, 9.17) is 14.5 Å². The predicted octanol–water partition coefficient (Wildman–Crippen LogP) is 3.46. The van der Waals surface area contributed by atoms with E-state index < -0.39 is 0 Å². The SMILES string of the molecule is Cc1ccccc1OC(C)CNC(=NCc1nnc(C)n1C)NC1CCOc2ccccc21. The molecule has 1 aliphatic rings. The molecule has 0 fully saturated rings. The monoisotopic (exact) mass is 448 g/mol. The summed E-state index contributed by atoms with van der Waals surface area (Å²) in [4.78, 5) is 4.81. The molecular weight excluding hydrogens is 416 g/mol. The topological polar surface area (TPSA) is 85.6 Å². The Bertz CT molecular complexity index is 1110. The fraction of sp³-hybridized carbons (Fsp3) is 0.400. The Morgan fingerprint density at radius 2 is 1.97 bits per heavy atom. The summed E-state index contributed by atoms with van der Waals surface area (Å²) < 4.78 is 13.9. The lowest BCUT2D eigenvalue weighted by molar-refractivity contribution is 0.221. The van der Waals surface area contributed by atoms with Gasteiger partial charge in [0.05, 0.1) is 19.2 Å². The van der Waals surface area contributed by atoms with Gasteiger partial charge in [-0.25, -0.2) is 4.99 Å². The molecule has 8 heteroatoms. The number of nitrogens with one attached hydrogen (secondary N) is 2. The van der Waals surface area contributed by atoms with Crippen LogP contribution in [-0.2, 0) is 13.6 Å². The highest BCUT2D eigenvalue weighted by atomic mass is 16.5. The maximum Gasteiger partial charge on any atom is 0.192 e. The summed E-state index contributed by atoms with van der Waals surface area (Å²) in [6, 6.07) is 16.3. The molecule has 0 amide bonds. The van der Waals surface area contributed by atoms with E-state index in [9.17, 15) is 0 Å². The van der Waals surface area contributed by atoms with Crippen LogP contribution in [0.15, 0.2) is 53.5 Å². The summed E-state index contributed by atoms with van der Waals surface area (Å²) in [5.41, 5.74) is 2.25. The molecular formula is C25H32N6O2. The second kappa shape index (κ2) is 10.4. The predicted molar refractivity (Wildman–Crippen MR) is 129 cm³/mol. The van der Waals surface area contributed by atoms with Crippen LogP contribution in [0.2, 0.25) is 0 Å². The average molecular weight is 449 g/mol. The number of aryl methyl sites for hydroxylation is 2. The maximum absolute atomic E-state index is 6.14. The van der Waals surface area contributed by atoms with Crippen molar-refractivity contribution in [2.24, 2.45) is 12.0 Å². The van der Waals surface area contributed by atoms with Crippen molar-refractivity contribution in [3.8, 4) is 11.5 Å². The number of guanidine groups is 1. The van der Waals surface area contributed by atoms with Crippen LogP contribution in [0, 0.1) is 13.8 Å². The minimum Gasteiger partial charge on any atom is -0.493 e. The molecule has 3 aromatic rings. The van der Waals surface area contributed by atoms with E-state index in [2.05, 4.69) is 39.9 Å². The first-order valence-electron chi connectivity index (χ1n) is 11.3. The summed E-state index contributed by atoms with van der Waals surface area (Å²) in [7, 11) is 1.95. The summed E-state index contributed by atoms with van der Waals surface area (Å²) >= 11 is 0. The third-order valence-corrected chi connectivity index (χ3v) is 5.81. The first kappa shape index (κ1) is 22.6. The van der Waals surface area contributed by atoms with Crippen molar-refractivity contribution in [2.45, 2.75) is 45.9 Å². The van der Waals surface area contributed by atoms with Crippen LogP contribution in [-0.4, -0.2) is 40.0 Å². The van der Waals surface area contributed by atoms with Crippen LogP contribution in [0.1, 0.15) is 42.2 Å². The zero-order chi connectivity index (χ0) is 23.2. The van der Waals surface area contributed by atoms with E-state index in [1.54, 1.807) is 0 Å². The number of fused-ring (bicyclic) bond motifs is 1. The number of aromatic nitrogens is 3. The molecule has 2 N–H and O–H groups in total. The van der Waals surface area contributed by atoms with Gasteiger partial charge >= 0.3 is 0 Å². The molecule has 0 spiro atoms. The molecule has 8 nitrogen and oxygen atoms in total. The van der Waals surface area contributed by atoms with Crippen LogP contribution in [0.25, 0.3) is 0 Å². The normalized spacial score (nSPS) is 16.5. The Morgan fingerprint density at radius 3 is 2.76 bits per heavy atom. The van der Waals surface area contributed by atoms with E-state index >= 15 is 0 Å². The zero-order valence-corrected chi connectivity index (χ0v) is 19.7. The fourth-order valence-electron chi connectivity index (χ4n) is 3.74. The molecule has 0 radical (unpaired) electrons. The molecule has 0 aliphatic carbocycles. The van der Waals surface area contributed by atoms with Gasteiger partial charge in [-0.2, -0.15) is 0 Å². The largest absolute Gasteiger partial charge is 0.493 e. The Balaban J connectivity index is 1.47. The van der Waals surface area contributed by atoms with E-state index in [1.807, 2.05) is 61.9 Å². The minimum atomic E-state index is -0.0443. The van der Waals surface area contributed by atoms with Gasteiger partial charge in [0.15, 0.2) is 11.8 Å². The van der Waals surface area contributed by atoms with Crippen molar-refractivity contribution in [1.29, 1.82) is 0 Å². The molecule has 0 saturated carbocycles. The molecule has 1 aliphatic heterocycles. The summed E-state index contributed by atoms with van der Waals surface area (Å²) in [5.74, 6) is 4.19. The maximum atomic E-state index is 6.14. The molecule has 33 heavy (non-hydrogen) atoms. The van der Waals surface area contributed by atoms with Gasteiger partial charge in [0.1, 0.15) is 30.0 Å². The highest BCUT2D eigenvalue weighted by Crippen LogP contribution is 2.31. The number of hydrogen-bond donors (Lipinski definition) is 2. The van der Waals surface area contributed by atoms with Crippen molar-refractivity contribution in [3.05, 3.63) is 71.3 Å². The average Bonchev–Trinajstić information content (AvgIpc) is 3.14. The molecule has 2 heterocycles. The third-order valence-electron chi connectivity index (χ3n) is 5.81. The Labute approximate surface area is 195 Å². The van der Waals surface area contributed by atoms with E-state index in [-0.39, 0.29) is 12.1 Å². The smallest absolute Gasteiger partial charge is 0.192 e. The lowest BCUT2D eigenvalue weighted by Crippen LogP contribution is -2.44. The van der Waals surface area contributed by atoms with E-state index in [0.717, 1.165) is 40.7 Å². The van der Waals surface area contributed by atoms with Crippen LogP contribution in [0.5, 0.6) is 11.5 Å². The number of benzene rings is 2. The first-order chi connectivity index (χ1) is 16.0. The number of ether oxygens (including phenoxy) is 2. The quantitative estimate of drug-likeness (QED) is 0.425. The minimum absolute atomic E-state index is 0.0443. The lowest BCUT2D eigenvalue weighted by Gasteiger charge is -2.28. The van der Waals surface area contributed by atoms with Gasteiger partial charge in [0.2, 0.25) is 0 Å². The molecule has 1 aromatic heterocycles. The molecule has 174 valence electrons. The third kappa shape index (κ3) is 5.63. The molecule has 0 bridgehead atoms. The zero-order valence-electron chi connectivity index (χ0n) is 19.7. The standard InChI is InChI=1S/C25H32N6O2/c1-17-9-5-7-11-22(17)33-18(2)15-26-25(27-16-24-30-29-19(3)31(24)4)28-21-13-14-32-23-12-8-6-10-20(21)23/h5-12,18,21H,13-16H2,1-4H3,(H2,26,27,28). The number of nitrogens with zero attached hydrogens (tertiary/aromatic N) is 4. The van der Waals surface area contributed by atoms with Crippen molar-refractivity contribution in [2.75, 3.05) is 13.2 Å². The second-order valence-corrected chi connectivity index (χ2v) is 8.33. The summed E-state index contributed by atoms with van der Waals surface area (Å²) in [6.45, 7) is 7.72. The van der Waals surface area contributed by atoms with Gasteiger partial charge in [0.25, 0.3) is 0 Å². The van der Waals surface area contributed by atoms with Gasteiger partial charge in [-0.3, -0.25) is 0 Å². The number of rotatable bonds is 7. The molecule has 2 atom stereocenters. The van der Waals surface area contributed by atoms with Crippen LogP contribution in [0.4, 0.5) is 0 Å². The van der Waals surface area contributed by atoms with E-state index in [1.165, 1.54) is 0 Å². The highest BCUT2D eigenvalue weighted by Gasteiger charge is 2.22. The van der Waals surface area contributed by atoms with Crippen molar-refractivity contribution in [3.63, 3.8) is 0 Å². The van der Waals surface area contributed by atoms with Crippen LogP contribution < -0.4 is 20.1 Å². The molecule has 2 unspecified atom stereocenters. The Morgan fingerprint density at radius 1 is 1.18 bits per heavy atom. The first-order valence-corrected chi connectivity index (χ1v) is 11.3. The van der Waals surface area contributed by atoms with E-state index in [0.29, 0.717) is 25.7 Å². The van der Waals surface area contributed by atoms with Crippen molar-refractivity contribution >= 4 is 5.96 Å². The van der Waals surface area contributed by atoms with Crippen molar-refractivity contribution < 1.29 is 9.47 Å². The van der Waals surface area contributed by atoms with Gasteiger partial charge < -0.3 is 24.7 Å². The molecule has 2 aromatic carbocycles. The van der Waals surface area contributed by atoms with Gasteiger partial charge in [-0.1, -0.05) is 36.4 Å². The lowest BCUT2D eigenvalue weighted by atomic mass is 10.0. The Hall–Kier alpha value is -3.55. The number of hydrogen-bond acceptors (Lipinski definition) is 5. The van der Waals surface area contributed by atoms with Crippen LogP contribution in [0.3, 0.4) is 0 Å². The Kier molecular flexibility index (Phi) is 7.12. The van der Waals surface area contributed by atoms with Crippen LogP contribution >= 0.6 is 0 Å². The van der Waals surface area contributed by atoms with Gasteiger partial charge in [-0.15, -0.1) is 10.2 Å².